The lowest BCUT2D eigenvalue weighted by atomic mass is 10.3. The molecule has 0 aromatic heterocycles. The van der Waals surface area contributed by atoms with E-state index in [0.717, 1.165) is 4.90 Å². The summed E-state index contributed by atoms with van der Waals surface area (Å²) in [5.74, 6) is 0.592. The monoisotopic (exact) mass is 284 g/mol. The second-order valence-corrected chi connectivity index (χ2v) is 7.92. The summed E-state index contributed by atoms with van der Waals surface area (Å²) in [6, 6.07) is 14.4. The van der Waals surface area contributed by atoms with E-state index < -0.39 is 0 Å². The molecule has 0 saturated carbocycles. The van der Waals surface area contributed by atoms with Gasteiger partial charge in [-0.15, -0.1) is 19.7 Å². The van der Waals surface area contributed by atoms with Crippen LogP contribution in [-0.4, -0.2) is 10.2 Å². The first-order chi connectivity index (χ1) is 8.24. The number of aromatic hydroxyl groups is 2. The van der Waals surface area contributed by atoms with Crippen molar-refractivity contribution in [2.24, 2.45) is 0 Å². The molecule has 0 fully saturated rings. The SMILES string of the molecule is Oc1ccc(S[SH]=[SH]c2ccc(O)cc2)cc1. The van der Waals surface area contributed by atoms with E-state index in [-0.39, 0.29) is 0 Å². The van der Waals surface area contributed by atoms with Gasteiger partial charge in [-0.25, -0.2) is 0 Å². The fraction of sp³-hybridized carbons (Fsp3) is 0. The zero-order valence-corrected chi connectivity index (χ0v) is 11.4. The smallest absolute Gasteiger partial charge is 0.115 e. The molecule has 0 aliphatic heterocycles. The van der Waals surface area contributed by atoms with E-state index in [1.807, 2.05) is 24.3 Å². The van der Waals surface area contributed by atoms with E-state index >= 15 is 0 Å². The summed E-state index contributed by atoms with van der Waals surface area (Å²) in [5, 5.41) is 18.3. The number of rotatable bonds is 3. The summed E-state index contributed by atoms with van der Waals surface area (Å²) in [6.07, 6.45) is 0. The lowest BCUT2D eigenvalue weighted by Crippen LogP contribution is -1.73. The first-order valence-electron chi connectivity index (χ1n) is 4.90. The molecule has 0 bridgehead atoms. The highest BCUT2D eigenvalue weighted by Crippen LogP contribution is 2.20. The maximum Gasteiger partial charge on any atom is 0.115 e. The molecule has 2 rings (SSSR count). The zero-order valence-electron chi connectivity index (χ0n) is 8.82. The molecule has 5 heteroatoms. The fourth-order valence-corrected chi connectivity index (χ4v) is 5.43. The Kier molecular flexibility index (Phi) is 4.53. The van der Waals surface area contributed by atoms with Crippen LogP contribution in [0.15, 0.2) is 58.3 Å². The third kappa shape index (κ3) is 4.11. The van der Waals surface area contributed by atoms with E-state index in [1.165, 1.54) is 24.6 Å². The number of hydrogen-bond acceptors (Lipinski definition) is 3. The van der Waals surface area contributed by atoms with Crippen LogP contribution in [0.5, 0.6) is 11.5 Å². The van der Waals surface area contributed by atoms with Crippen molar-refractivity contribution in [1.82, 2.24) is 0 Å². The predicted molar refractivity (Wildman–Crippen MR) is 77.9 cm³/mol. The van der Waals surface area contributed by atoms with Crippen LogP contribution < -0.4 is 0 Å². The van der Waals surface area contributed by atoms with Crippen molar-refractivity contribution in [3.05, 3.63) is 48.5 Å². The molecule has 2 aromatic carbocycles. The van der Waals surface area contributed by atoms with Crippen LogP contribution in [0.1, 0.15) is 0 Å². The van der Waals surface area contributed by atoms with E-state index in [2.05, 4.69) is 0 Å². The minimum Gasteiger partial charge on any atom is -0.508 e. The molecule has 0 radical (unpaired) electrons. The van der Waals surface area contributed by atoms with Gasteiger partial charge in [0.25, 0.3) is 0 Å². The maximum atomic E-state index is 9.15. The number of phenols is 2. The van der Waals surface area contributed by atoms with Crippen molar-refractivity contribution < 1.29 is 10.2 Å². The van der Waals surface area contributed by atoms with E-state index in [9.17, 15) is 0 Å². The Bertz CT molecular complexity index is 506. The molecule has 2 N–H and O–H groups in total. The summed E-state index contributed by atoms with van der Waals surface area (Å²) in [7, 11) is 4.10. The summed E-state index contributed by atoms with van der Waals surface area (Å²) in [6.45, 7) is 0. The van der Waals surface area contributed by atoms with E-state index in [1.54, 1.807) is 35.1 Å². The molecule has 90 valence electrons. The average molecular weight is 284 g/mol. The quantitative estimate of drug-likeness (QED) is 0.517. The topological polar surface area (TPSA) is 40.5 Å². The van der Waals surface area contributed by atoms with Gasteiger partial charge in [0.1, 0.15) is 11.5 Å². The Morgan fingerprint density at radius 3 is 1.88 bits per heavy atom. The van der Waals surface area contributed by atoms with Crippen molar-refractivity contribution in [1.29, 1.82) is 0 Å². The zero-order chi connectivity index (χ0) is 12.1. The van der Waals surface area contributed by atoms with E-state index in [0.29, 0.717) is 11.5 Å². The van der Waals surface area contributed by atoms with Gasteiger partial charge in [-0.3, -0.25) is 0 Å². The third-order valence-corrected chi connectivity index (χ3v) is 6.45. The molecule has 0 heterocycles. The fourth-order valence-electron chi connectivity index (χ4n) is 1.14. The Morgan fingerprint density at radius 2 is 1.29 bits per heavy atom. The molecular weight excluding hydrogens is 272 g/mol. The van der Waals surface area contributed by atoms with Crippen molar-refractivity contribution in [2.75, 3.05) is 0 Å². The molecule has 17 heavy (non-hydrogen) atoms. The van der Waals surface area contributed by atoms with Crippen molar-refractivity contribution >= 4 is 30.5 Å². The van der Waals surface area contributed by atoms with Crippen molar-refractivity contribution in [3.63, 3.8) is 0 Å². The van der Waals surface area contributed by atoms with Gasteiger partial charge < -0.3 is 10.2 Å². The third-order valence-electron chi connectivity index (χ3n) is 1.99. The van der Waals surface area contributed by atoms with Crippen LogP contribution >= 0.6 is 10.8 Å². The van der Waals surface area contributed by atoms with Gasteiger partial charge >= 0.3 is 0 Å². The number of phenolic OH excluding ortho intramolecular Hbond substituents is 2. The number of hydrogen-bond donors (Lipinski definition) is 4. The minimum absolute atomic E-state index is 0.294. The molecule has 0 spiro atoms. The highest BCUT2D eigenvalue weighted by atomic mass is 33.3. The Morgan fingerprint density at radius 1 is 0.765 bits per heavy atom. The van der Waals surface area contributed by atoms with Gasteiger partial charge in [0.05, 0.1) is 0 Å². The van der Waals surface area contributed by atoms with Crippen LogP contribution in [0.25, 0.3) is 0 Å². The minimum atomic E-state index is 0.294. The predicted octanol–water partition coefficient (Wildman–Crippen LogP) is 2.71. The highest BCUT2D eigenvalue weighted by molar-refractivity contribution is 8.77. The molecule has 0 amide bonds. The molecule has 0 aliphatic carbocycles. The Hall–Kier alpha value is -0.910. The first-order valence-corrected chi connectivity index (χ1v) is 8.82. The maximum absolute atomic E-state index is 9.15. The van der Waals surface area contributed by atoms with Gasteiger partial charge in [0, 0.05) is 9.79 Å². The molecule has 2 aromatic rings. The molecule has 0 aliphatic rings. The van der Waals surface area contributed by atoms with Crippen molar-refractivity contribution in [3.8, 4) is 11.5 Å². The largest absolute Gasteiger partial charge is 0.508 e. The molecule has 0 atom stereocenters. The summed E-state index contributed by atoms with van der Waals surface area (Å²) < 4.78 is 0. The van der Waals surface area contributed by atoms with Gasteiger partial charge in [-0.1, -0.05) is 10.8 Å². The van der Waals surface area contributed by atoms with Crippen LogP contribution in [0.2, 0.25) is 0 Å². The number of benzene rings is 2. The van der Waals surface area contributed by atoms with Crippen LogP contribution in [0.3, 0.4) is 0 Å². The Labute approximate surface area is 110 Å². The van der Waals surface area contributed by atoms with Crippen LogP contribution in [-0.2, 0) is 19.7 Å². The van der Waals surface area contributed by atoms with Crippen molar-refractivity contribution in [2.45, 2.75) is 9.79 Å². The van der Waals surface area contributed by atoms with Gasteiger partial charge in [-0.2, -0.15) is 0 Å². The molecule has 0 unspecified atom stereocenters. The Balaban J connectivity index is 1.97. The van der Waals surface area contributed by atoms with Gasteiger partial charge in [0.2, 0.25) is 0 Å². The van der Waals surface area contributed by atoms with Crippen LogP contribution in [0, 0.1) is 0 Å². The van der Waals surface area contributed by atoms with Gasteiger partial charge in [-0.05, 0) is 48.5 Å². The van der Waals surface area contributed by atoms with E-state index in [4.69, 9.17) is 10.2 Å². The molecule has 2 nitrogen and oxygen atoms in total. The summed E-state index contributed by atoms with van der Waals surface area (Å²) in [4.78, 5) is 2.31. The lowest BCUT2D eigenvalue weighted by Gasteiger charge is -1.97. The standard InChI is InChI=1S/C12H12O2S3/c13-9-1-5-11(6-2-9)15-17-16-12-7-3-10(14)4-8-12/h1-8,13-15,17H. The second-order valence-electron chi connectivity index (χ2n) is 3.28. The molecule has 0 saturated heterocycles. The van der Waals surface area contributed by atoms with Gasteiger partial charge in [0.15, 0.2) is 0 Å². The van der Waals surface area contributed by atoms with Crippen LogP contribution in [0.4, 0.5) is 0 Å². The number of thiol groups is 2. The first kappa shape index (κ1) is 12.5. The highest BCUT2D eigenvalue weighted by Gasteiger charge is 1.91. The second kappa shape index (κ2) is 6.14. The summed E-state index contributed by atoms with van der Waals surface area (Å²) in [5.41, 5.74) is 0. The summed E-state index contributed by atoms with van der Waals surface area (Å²) >= 11 is 0. The molecular formula is C12H12O2S3. The average Bonchev–Trinajstić information content (AvgIpc) is 2.34. The lowest BCUT2D eigenvalue weighted by molar-refractivity contribution is 0.474. The normalized spacial score (nSPS) is 11.8.